The van der Waals surface area contributed by atoms with Crippen molar-refractivity contribution in [2.24, 2.45) is 7.05 Å². The van der Waals surface area contributed by atoms with Crippen molar-refractivity contribution in [3.63, 3.8) is 0 Å². The van der Waals surface area contributed by atoms with Gasteiger partial charge in [-0.05, 0) is 31.9 Å². The fraction of sp³-hybridized carbons (Fsp3) is 0.667. The lowest BCUT2D eigenvalue weighted by atomic mass is 9.95. The van der Waals surface area contributed by atoms with Gasteiger partial charge in [-0.1, -0.05) is 0 Å². The molecule has 0 spiro atoms. The standard InChI is InChI=1S/C12H20N2O/c1-12(6-4-8-15-10-12)13-9-11-5-3-7-14(11)2/h3,5,7,13H,4,6,8-10H2,1-2H3. The number of hydrogen-bond acceptors (Lipinski definition) is 2. The highest BCUT2D eigenvalue weighted by molar-refractivity contribution is 5.06. The summed E-state index contributed by atoms with van der Waals surface area (Å²) in [4.78, 5) is 0. The Morgan fingerprint density at radius 3 is 3.07 bits per heavy atom. The zero-order valence-corrected chi connectivity index (χ0v) is 9.62. The van der Waals surface area contributed by atoms with Crippen LogP contribution in [0.3, 0.4) is 0 Å². The molecule has 1 saturated heterocycles. The minimum atomic E-state index is 0.155. The number of aromatic nitrogens is 1. The second-order valence-corrected chi connectivity index (χ2v) is 4.68. The Kier molecular flexibility index (Phi) is 3.12. The van der Waals surface area contributed by atoms with Crippen LogP contribution in [0.25, 0.3) is 0 Å². The molecule has 1 aliphatic heterocycles. The maximum absolute atomic E-state index is 5.52. The Balaban J connectivity index is 1.89. The molecule has 0 saturated carbocycles. The Morgan fingerprint density at radius 2 is 2.47 bits per heavy atom. The van der Waals surface area contributed by atoms with E-state index in [4.69, 9.17) is 4.74 Å². The van der Waals surface area contributed by atoms with Crippen LogP contribution >= 0.6 is 0 Å². The SMILES string of the molecule is Cn1cccc1CNC1(C)CCCOC1. The predicted octanol–water partition coefficient (Wildman–Crippen LogP) is 1.68. The topological polar surface area (TPSA) is 26.2 Å². The highest BCUT2D eigenvalue weighted by Crippen LogP contribution is 2.18. The molecule has 1 N–H and O–H groups in total. The van der Waals surface area contributed by atoms with Crippen LogP contribution < -0.4 is 5.32 Å². The molecular formula is C12H20N2O. The first-order valence-corrected chi connectivity index (χ1v) is 5.63. The summed E-state index contributed by atoms with van der Waals surface area (Å²) < 4.78 is 7.67. The van der Waals surface area contributed by atoms with Gasteiger partial charge in [-0.2, -0.15) is 0 Å². The number of hydrogen-bond donors (Lipinski definition) is 1. The van der Waals surface area contributed by atoms with E-state index in [0.717, 1.165) is 26.2 Å². The minimum Gasteiger partial charge on any atom is -0.380 e. The summed E-state index contributed by atoms with van der Waals surface area (Å²) in [5.41, 5.74) is 1.48. The van der Waals surface area contributed by atoms with Gasteiger partial charge in [0.1, 0.15) is 0 Å². The molecule has 1 aromatic heterocycles. The monoisotopic (exact) mass is 208 g/mol. The average molecular weight is 208 g/mol. The van der Waals surface area contributed by atoms with Crippen LogP contribution in [-0.2, 0) is 18.3 Å². The van der Waals surface area contributed by atoms with E-state index in [1.54, 1.807) is 0 Å². The van der Waals surface area contributed by atoms with E-state index in [0.29, 0.717) is 0 Å². The number of nitrogens with zero attached hydrogens (tertiary/aromatic N) is 1. The molecular weight excluding hydrogens is 188 g/mol. The maximum atomic E-state index is 5.52. The van der Waals surface area contributed by atoms with Crippen molar-refractivity contribution in [1.29, 1.82) is 0 Å². The third kappa shape index (κ3) is 2.61. The molecule has 0 aromatic carbocycles. The molecule has 15 heavy (non-hydrogen) atoms. The first kappa shape index (κ1) is 10.7. The molecule has 3 heteroatoms. The lowest BCUT2D eigenvalue weighted by Gasteiger charge is -2.34. The van der Waals surface area contributed by atoms with Crippen molar-refractivity contribution in [3.8, 4) is 0 Å². The van der Waals surface area contributed by atoms with Crippen molar-refractivity contribution in [2.75, 3.05) is 13.2 Å². The fourth-order valence-electron chi connectivity index (χ4n) is 2.06. The van der Waals surface area contributed by atoms with Gasteiger partial charge in [-0.3, -0.25) is 0 Å². The molecule has 3 nitrogen and oxygen atoms in total. The molecule has 2 rings (SSSR count). The highest BCUT2D eigenvalue weighted by Gasteiger charge is 2.26. The molecule has 1 unspecified atom stereocenters. The predicted molar refractivity (Wildman–Crippen MR) is 60.7 cm³/mol. The van der Waals surface area contributed by atoms with Gasteiger partial charge in [-0.25, -0.2) is 0 Å². The molecule has 84 valence electrons. The van der Waals surface area contributed by atoms with E-state index in [9.17, 15) is 0 Å². The Bertz CT molecular complexity index is 313. The van der Waals surface area contributed by atoms with Gasteiger partial charge in [0, 0.05) is 37.6 Å². The van der Waals surface area contributed by atoms with Crippen molar-refractivity contribution >= 4 is 0 Å². The lowest BCUT2D eigenvalue weighted by molar-refractivity contribution is 0.0275. The van der Waals surface area contributed by atoms with Crippen molar-refractivity contribution < 1.29 is 4.74 Å². The molecule has 1 aromatic rings. The number of nitrogens with one attached hydrogen (secondary N) is 1. The van der Waals surface area contributed by atoms with Gasteiger partial charge >= 0.3 is 0 Å². The highest BCUT2D eigenvalue weighted by atomic mass is 16.5. The van der Waals surface area contributed by atoms with Gasteiger partial charge < -0.3 is 14.6 Å². The summed E-state index contributed by atoms with van der Waals surface area (Å²) in [6.45, 7) is 4.91. The second-order valence-electron chi connectivity index (χ2n) is 4.68. The van der Waals surface area contributed by atoms with Crippen molar-refractivity contribution in [2.45, 2.75) is 31.8 Å². The van der Waals surface area contributed by atoms with E-state index >= 15 is 0 Å². The van der Waals surface area contributed by atoms with E-state index < -0.39 is 0 Å². The number of rotatable bonds is 3. The molecule has 0 amide bonds. The van der Waals surface area contributed by atoms with Gasteiger partial charge in [0.2, 0.25) is 0 Å². The summed E-state index contributed by atoms with van der Waals surface area (Å²) in [6, 6.07) is 4.23. The first-order chi connectivity index (χ1) is 7.20. The molecule has 0 radical (unpaired) electrons. The molecule has 1 fully saturated rings. The summed E-state index contributed by atoms with van der Waals surface area (Å²) in [6.07, 6.45) is 4.45. The van der Waals surface area contributed by atoms with Gasteiger partial charge in [0.15, 0.2) is 0 Å². The fourth-order valence-corrected chi connectivity index (χ4v) is 2.06. The van der Waals surface area contributed by atoms with Crippen molar-refractivity contribution in [1.82, 2.24) is 9.88 Å². The van der Waals surface area contributed by atoms with E-state index in [2.05, 4.69) is 42.2 Å². The van der Waals surface area contributed by atoms with Crippen LogP contribution in [0.5, 0.6) is 0 Å². The normalized spacial score (nSPS) is 26.8. The van der Waals surface area contributed by atoms with Crippen LogP contribution in [0.15, 0.2) is 18.3 Å². The van der Waals surface area contributed by atoms with E-state index in [1.165, 1.54) is 12.1 Å². The second kappa shape index (κ2) is 4.37. The Labute approximate surface area is 91.4 Å². The molecule has 0 bridgehead atoms. The largest absolute Gasteiger partial charge is 0.380 e. The first-order valence-electron chi connectivity index (χ1n) is 5.63. The van der Waals surface area contributed by atoms with Crippen LogP contribution in [-0.4, -0.2) is 23.3 Å². The summed E-state index contributed by atoms with van der Waals surface area (Å²) in [7, 11) is 2.08. The smallest absolute Gasteiger partial charge is 0.0645 e. The minimum absolute atomic E-state index is 0.155. The summed E-state index contributed by atoms with van der Waals surface area (Å²) >= 11 is 0. The molecule has 1 atom stereocenters. The van der Waals surface area contributed by atoms with E-state index in [-0.39, 0.29) is 5.54 Å². The Morgan fingerprint density at radius 1 is 1.60 bits per heavy atom. The number of ether oxygens (including phenoxy) is 1. The third-order valence-corrected chi connectivity index (χ3v) is 3.19. The van der Waals surface area contributed by atoms with Crippen LogP contribution in [0, 0.1) is 0 Å². The lowest BCUT2D eigenvalue weighted by Crippen LogP contribution is -2.48. The molecule has 0 aliphatic carbocycles. The van der Waals surface area contributed by atoms with Gasteiger partial charge in [-0.15, -0.1) is 0 Å². The maximum Gasteiger partial charge on any atom is 0.0645 e. The third-order valence-electron chi connectivity index (χ3n) is 3.19. The summed E-state index contributed by atoms with van der Waals surface area (Å²) in [5.74, 6) is 0. The van der Waals surface area contributed by atoms with Gasteiger partial charge in [0.05, 0.1) is 6.61 Å². The van der Waals surface area contributed by atoms with Crippen LogP contribution in [0.4, 0.5) is 0 Å². The molecule has 1 aliphatic rings. The average Bonchev–Trinajstić information content (AvgIpc) is 2.62. The number of aryl methyl sites for hydroxylation is 1. The van der Waals surface area contributed by atoms with Crippen LogP contribution in [0.1, 0.15) is 25.5 Å². The van der Waals surface area contributed by atoms with Crippen LogP contribution in [0.2, 0.25) is 0 Å². The van der Waals surface area contributed by atoms with Crippen molar-refractivity contribution in [3.05, 3.63) is 24.0 Å². The zero-order valence-electron chi connectivity index (χ0n) is 9.62. The summed E-state index contributed by atoms with van der Waals surface area (Å²) in [5, 5.41) is 3.60. The van der Waals surface area contributed by atoms with E-state index in [1.807, 2.05) is 0 Å². The molecule has 2 heterocycles. The van der Waals surface area contributed by atoms with Gasteiger partial charge in [0.25, 0.3) is 0 Å². The quantitative estimate of drug-likeness (QED) is 0.818. The zero-order chi connectivity index (χ0) is 10.7. The Hall–Kier alpha value is -0.800.